The summed E-state index contributed by atoms with van der Waals surface area (Å²) in [5.74, 6) is -0.690. The maximum atomic E-state index is 11.0. The number of hydrogen-bond donors (Lipinski definition) is 3. The van der Waals surface area contributed by atoms with Crippen molar-refractivity contribution < 1.29 is 14.6 Å². The zero-order chi connectivity index (χ0) is 13.5. The summed E-state index contributed by atoms with van der Waals surface area (Å²) in [7, 11) is 0. The van der Waals surface area contributed by atoms with Crippen molar-refractivity contribution in [1.82, 2.24) is 5.32 Å². The van der Waals surface area contributed by atoms with Crippen LogP contribution in [0.1, 0.15) is 13.3 Å². The van der Waals surface area contributed by atoms with Crippen LogP contribution in [0.4, 0.5) is 0 Å². The van der Waals surface area contributed by atoms with Gasteiger partial charge in [0.2, 0.25) is 0 Å². The first-order valence-electron chi connectivity index (χ1n) is 6.16. The summed E-state index contributed by atoms with van der Waals surface area (Å²) < 4.78 is 5.32. The second kappa shape index (κ2) is 7.31. The van der Waals surface area contributed by atoms with Crippen molar-refractivity contribution in [2.75, 3.05) is 13.2 Å². The van der Waals surface area contributed by atoms with E-state index >= 15 is 0 Å². The molecule has 0 spiro atoms. The lowest BCUT2D eigenvalue weighted by Gasteiger charge is -2.23. The number of aliphatic carboxylic acids is 1. The number of hydrogen-bond acceptors (Lipinski definition) is 4. The van der Waals surface area contributed by atoms with Gasteiger partial charge in [-0.15, -0.1) is 6.58 Å². The smallest absolute Gasteiger partial charge is 0.320 e. The van der Waals surface area contributed by atoms with Crippen LogP contribution in [0.3, 0.4) is 0 Å². The Morgan fingerprint density at radius 3 is 3.00 bits per heavy atom. The molecule has 0 amide bonds. The van der Waals surface area contributed by atoms with E-state index in [9.17, 15) is 4.79 Å². The number of rotatable bonds is 7. The van der Waals surface area contributed by atoms with Crippen LogP contribution in [0.25, 0.3) is 0 Å². The molecule has 5 nitrogen and oxygen atoms in total. The fourth-order valence-electron chi connectivity index (χ4n) is 2.29. The Morgan fingerprint density at radius 2 is 2.44 bits per heavy atom. The molecule has 1 rings (SSSR count). The summed E-state index contributed by atoms with van der Waals surface area (Å²) in [6.07, 6.45) is 6.17. The molecule has 102 valence electrons. The summed E-state index contributed by atoms with van der Waals surface area (Å²) >= 11 is 0. The molecular weight excluding hydrogens is 232 g/mol. The molecule has 1 aliphatic heterocycles. The molecule has 0 aromatic rings. The van der Waals surface area contributed by atoms with Crippen LogP contribution in [-0.4, -0.2) is 42.4 Å². The van der Waals surface area contributed by atoms with E-state index in [-0.39, 0.29) is 18.0 Å². The van der Waals surface area contributed by atoms with Gasteiger partial charge in [0.15, 0.2) is 0 Å². The minimum Gasteiger partial charge on any atom is -0.480 e. The second-order valence-corrected chi connectivity index (χ2v) is 4.50. The van der Waals surface area contributed by atoms with Gasteiger partial charge in [-0.2, -0.15) is 0 Å². The van der Waals surface area contributed by atoms with Crippen LogP contribution in [0.15, 0.2) is 24.8 Å². The SMILES string of the molecule is C=CCOCC(N)C1N[C@@H](C(=O)O)C[C@H]1/C=C\C. The van der Waals surface area contributed by atoms with Gasteiger partial charge in [0.1, 0.15) is 6.04 Å². The molecule has 1 fully saturated rings. The zero-order valence-electron chi connectivity index (χ0n) is 10.7. The normalized spacial score (nSPS) is 29.6. The highest BCUT2D eigenvalue weighted by Gasteiger charge is 2.38. The molecule has 0 radical (unpaired) electrons. The highest BCUT2D eigenvalue weighted by Crippen LogP contribution is 2.24. The third-order valence-electron chi connectivity index (χ3n) is 3.11. The molecule has 0 aromatic heterocycles. The van der Waals surface area contributed by atoms with E-state index in [1.807, 2.05) is 19.1 Å². The summed E-state index contributed by atoms with van der Waals surface area (Å²) in [6.45, 7) is 6.33. The van der Waals surface area contributed by atoms with Crippen molar-refractivity contribution in [3.8, 4) is 0 Å². The standard InChI is InChI=1S/C13H22N2O3/c1-3-5-9-7-11(13(16)17)15-12(9)10(14)8-18-6-4-2/h3-5,9-12,15H,2,6-8,14H2,1H3,(H,16,17)/b5-3-/t9-,10?,11-,12?/m1/s1. The molecule has 0 aromatic carbocycles. The lowest BCUT2D eigenvalue weighted by atomic mass is 9.94. The quantitative estimate of drug-likeness (QED) is 0.456. The molecule has 2 unspecified atom stereocenters. The molecule has 0 bridgehead atoms. The monoisotopic (exact) mass is 254 g/mol. The van der Waals surface area contributed by atoms with Gasteiger partial charge in [-0.25, -0.2) is 0 Å². The Bertz CT molecular complexity index is 317. The first kappa shape index (κ1) is 14.9. The molecule has 1 heterocycles. The number of ether oxygens (including phenoxy) is 1. The van der Waals surface area contributed by atoms with Crippen molar-refractivity contribution in [3.05, 3.63) is 24.8 Å². The Morgan fingerprint density at radius 1 is 1.72 bits per heavy atom. The van der Waals surface area contributed by atoms with Gasteiger partial charge in [0.05, 0.1) is 13.2 Å². The third kappa shape index (κ3) is 3.94. The fourth-order valence-corrected chi connectivity index (χ4v) is 2.29. The van der Waals surface area contributed by atoms with E-state index in [1.54, 1.807) is 6.08 Å². The fraction of sp³-hybridized carbons (Fsp3) is 0.615. The molecule has 4 atom stereocenters. The molecule has 4 N–H and O–H groups in total. The van der Waals surface area contributed by atoms with Crippen molar-refractivity contribution >= 4 is 5.97 Å². The van der Waals surface area contributed by atoms with Gasteiger partial charge in [-0.05, 0) is 19.3 Å². The van der Waals surface area contributed by atoms with Crippen LogP contribution in [0, 0.1) is 5.92 Å². The minimum atomic E-state index is -0.828. The largest absolute Gasteiger partial charge is 0.480 e. The van der Waals surface area contributed by atoms with Gasteiger partial charge >= 0.3 is 5.97 Å². The van der Waals surface area contributed by atoms with Crippen molar-refractivity contribution in [3.63, 3.8) is 0 Å². The summed E-state index contributed by atoms with van der Waals surface area (Å²) in [6, 6.07) is -0.815. The topological polar surface area (TPSA) is 84.6 Å². The van der Waals surface area contributed by atoms with E-state index in [4.69, 9.17) is 15.6 Å². The Balaban J connectivity index is 2.59. The number of nitrogens with one attached hydrogen (secondary N) is 1. The molecular formula is C13H22N2O3. The van der Waals surface area contributed by atoms with Gasteiger partial charge in [0.25, 0.3) is 0 Å². The van der Waals surface area contributed by atoms with Gasteiger partial charge < -0.3 is 15.6 Å². The first-order chi connectivity index (χ1) is 8.60. The molecule has 18 heavy (non-hydrogen) atoms. The Kier molecular flexibility index (Phi) is 6.04. The lowest BCUT2D eigenvalue weighted by Crippen LogP contribution is -2.49. The number of carboxylic acids is 1. The predicted octanol–water partition coefficient (Wildman–Crippen LogP) is 0.524. The van der Waals surface area contributed by atoms with Gasteiger partial charge in [-0.3, -0.25) is 10.1 Å². The number of carbonyl (C=O) groups is 1. The number of nitrogens with two attached hydrogens (primary N) is 1. The zero-order valence-corrected chi connectivity index (χ0v) is 10.7. The van der Waals surface area contributed by atoms with E-state index in [0.29, 0.717) is 19.6 Å². The van der Waals surface area contributed by atoms with E-state index in [2.05, 4.69) is 11.9 Å². The van der Waals surface area contributed by atoms with E-state index in [1.165, 1.54) is 0 Å². The number of carboxylic acid groups (broad SMARTS) is 1. The lowest BCUT2D eigenvalue weighted by molar-refractivity contribution is -0.139. The predicted molar refractivity (Wildman–Crippen MR) is 70.3 cm³/mol. The third-order valence-corrected chi connectivity index (χ3v) is 3.11. The van der Waals surface area contributed by atoms with Crippen LogP contribution in [-0.2, 0) is 9.53 Å². The van der Waals surface area contributed by atoms with Crippen molar-refractivity contribution in [2.24, 2.45) is 11.7 Å². The highest BCUT2D eigenvalue weighted by atomic mass is 16.5. The average Bonchev–Trinajstić information content (AvgIpc) is 2.74. The molecule has 0 saturated carbocycles. The van der Waals surface area contributed by atoms with Crippen LogP contribution in [0.5, 0.6) is 0 Å². The average molecular weight is 254 g/mol. The van der Waals surface area contributed by atoms with Gasteiger partial charge in [-0.1, -0.05) is 18.2 Å². The van der Waals surface area contributed by atoms with E-state index < -0.39 is 12.0 Å². The molecule has 0 aliphatic carbocycles. The van der Waals surface area contributed by atoms with Crippen LogP contribution < -0.4 is 11.1 Å². The Labute approximate surface area is 108 Å². The maximum Gasteiger partial charge on any atom is 0.320 e. The van der Waals surface area contributed by atoms with Crippen LogP contribution >= 0.6 is 0 Å². The highest BCUT2D eigenvalue weighted by molar-refractivity contribution is 5.74. The molecule has 1 saturated heterocycles. The Hall–Kier alpha value is -1.17. The first-order valence-corrected chi connectivity index (χ1v) is 6.16. The summed E-state index contributed by atoms with van der Waals surface area (Å²) in [5, 5.41) is 12.1. The molecule has 5 heteroatoms. The van der Waals surface area contributed by atoms with Crippen molar-refractivity contribution in [1.29, 1.82) is 0 Å². The summed E-state index contributed by atoms with van der Waals surface area (Å²) in [5.41, 5.74) is 6.05. The van der Waals surface area contributed by atoms with Crippen molar-refractivity contribution in [2.45, 2.75) is 31.5 Å². The second-order valence-electron chi connectivity index (χ2n) is 4.50. The van der Waals surface area contributed by atoms with E-state index in [0.717, 1.165) is 0 Å². The number of allylic oxidation sites excluding steroid dienone is 1. The summed E-state index contributed by atoms with van der Waals surface area (Å²) in [4.78, 5) is 11.0. The minimum absolute atomic E-state index is 0.0629. The van der Waals surface area contributed by atoms with Crippen LogP contribution in [0.2, 0.25) is 0 Å². The van der Waals surface area contributed by atoms with Gasteiger partial charge in [0, 0.05) is 12.1 Å². The maximum absolute atomic E-state index is 11.0. The molecule has 1 aliphatic rings.